The third-order valence-electron chi connectivity index (χ3n) is 3.23. The van der Waals surface area contributed by atoms with Crippen molar-refractivity contribution in [2.75, 3.05) is 6.54 Å². The van der Waals surface area contributed by atoms with Crippen LogP contribution in [0.4, 0.5) is 0 Å². The van der Waals surface area contributed by atoms with Gasteiger partial charge in [0, 0.05) is 6.54 Å². The molecule has 0 spiro atoms. The molecule has 21 heavy (non-hydrogen) atoms. The Hall–Kier alpha value is -1.64. The summed E-state index contributed by atoms with van der Waals surface area (Å²) in [6.45, 7) is 0.00680. The van der Waals surface area contributed by atoms with Gasteiger partial charge in [-0.2, -0.15) is 4.31 Å². The SMILES string of the molecule is O=C([O-])c1ccc(Cl)c(S(=O)(=O)N2CCC[C@@H]2C(=O)[O-])c1. The monoisotopic (exact) mass is 331 g/mol. The van der Waals surface area contributed by atoms with Crippen molar-refractivity contribution in [2.24, 2.45) is 0 Å². The molecule has 1 fully saturated rings. The first-order valence-corrected chi connectivity index (χ1v) is 7.80. The van der Waals surface area contributed by atoms with Crippen molar-refractivity contribution < 1.29 is 28.2 Å². The van der Waals surface area contributed by atoms with Crippen LogP contribution in [0.25, 0.3) is 0 Å². The number of carbonyl (C=O) groups excluding carboxylic acids is 2. The number of hydrogen-bond donors (Lipinski definition) is 0. The highest BCUT2D eigenvalue weighted by Gasteiger charge is 2.37. The lowest BCUT2D eigenvalue weighted by Crippen LogP contribution is -2.46. The zero-order chi connectivity index (χ0) is 15.8. The van der Waals surface area contributed by atoms with E-state index >= 15 is 0 Å². The first-order chi connectivity index (χ1) is 9.75. The maximum Gasteiger partial charge on any atom is 0.245 e. The van der Waals surface area contributed by atoms with Crippen LogP contribution in [-0.4, -0.2) is 37.2 Å². The molecule has 1 atom stereocenters. The zero-order valence-corrected chi connectivity index (χ0v) is 12.2. The van der Waals surface area contributed by atoms with Gasteiger partial charge in [0.2, 0.25) is 10.0 Å². The molecule has 0 amide bonds. The summed E-state index contributed by atoms with van der Waals surface area (Å²) in [4.78, 5) is 21.4. The van der Waals surface area contributed by atoms with Crippen LogP contribution in [0, 0.1) is 0 Å². The normalized spacial score (nSPS) is 19.6. The fourth-order valence-corrected chi connectivity index (χ4v) is 4.37. The average Bonchev–Trinajstić information content (AvgIpc) is 2.88. The third-order valence-corrected chi connectivity index (χ3v) is 5.62. The molecule has 1 saturated heterocycles. The molecule has 2 rings (SSSR count). The molecule has 7 nitrogen and oxygen atoms in total. The second-order valence-corrected chi connectivity index (χ2v) is 6.79. The van der Waals surface area contributed by atoms with Crippen molar-refractivity contribution >= 4 is 33.6 Å². The summed E-state index contributed by atoms with van der Waals surface area (Å²) >= 11 is 5.81. The second-order valence-electron chi connectivity index (χ2n) is 4.53. The van der Waals surface area contributed by atoms with Gasteiger partial charge in [0.1, 0.15) is 4.90 Å². The van der Waals surface area contributed by atoms with Crippen LogP contribution in [0.15, 0.2) is 23.1 Å². The van der Waals surface area contributed by atoms with E-state index in [4.69, 9.17) is 11.6 Å². The molecule has 1 aromatic carbocycles. The fraction of sp³-hybridized carbons (Fsp3) is 0.333. The van der Waals surface area contributed by atoms with Gasteiger partial charge in [0.15, 0.2) is 0 Å². The van der Waals surface area contributed by atoms with Gasteiger partial charge in [0.25, 0.3) is 0 Å². The molecule has 0 radical (unpaired) electrons. The molecular formula is C12H10ClNO6S-2. The number of carboxylic acid groups (broad SMARTS) is 2. The largest absolute Gasteiger partial charge is 0.548 e. The number of benzene rings is 1. The lowest BCUT2D eigenvalue weighted by Gasteiger charge is -2.25. The number of halogens is 1. The molecule has 0 bridgehead atoms. The Labute approximate surface area is 125 Å². The number of sulfonamides is 1. The topological polar surface area (TPSA) is 118 Å². The summed E-state index contributed by atoms with van der Waals surface area (Å²) in [5.41, 5.74) is -0.359. The highest BCUT2D eigenvalue weighted by atomic mass is 35.5. The number of hydrogen-bond acceptors (Lipinski definition) is 6. The van der Waals surface area contributed by atoms with E-state index < -0.39 is 32.9 Å². The summed E-state index contributed by atoms with van der Waals surface area (Å²) in [5.74, 6) is -3.05. The van der Waals surface area contributed by atoms with Crippen molar-refractivity contribution in [3.8, 4) is 0 Å². The number of aliphatic carboxylic acids is 1. The molecule has 1 aliphatic heterocycles. The van der Waals surface area contributed by atoms with Crippen molar-refractivity contribution in [1.82, 2.24) is 4.31 Å². The summed E-state index contributed by atoms with van der Waals surface area (Å²) in [6, 6.07) is 1.80. The highest BCUT2D eigenvalue weighted by Crippen LogP contribution is 2.30. The second kappa shape index (κ2) is 5.63. The minimum Gasteiger partial charge on any atom is -0.548 e. The lowest BCUT2D eigenvalue weighted by molar-refractivity contribution is -0.309. The number of carbonyl (C=O) groups is 2. The Morgan fingerprint density at radius 1 is 1.29 bits per heavy atom. The first kappa shape index (κ1) is 15.7. The molecule has 0 aromatic heterocycles. The fourth-order valence-electron chi connectivity index (χ4n) is 2.22. The van der Waals surface area contributed by atoms with Gasteiger partial charge >= 0.3 is 0 Å². The molecular weight excluding hydrogens is 322 g/mol. The number of rotatable bonds is 4. The summed E-state index contributed by atoms with van der Waals surface area (Å²) < 4.78 is 25.7. The van der Waals surface area contributed by atoms with Gasteiger partial charge in [-0.1, -0.05) is 17.7 Å². The van der Waals surface area contributed by atoms with E-state index in [1.54, 1.807) is 0 Å². The van der Waals surface area contributed by atoms with E-state index in [1.165, 1.54) is 0 Å². The summed E-state index contributed by atoms with van der Waals surface area (Å²) in [7, 11) is -4.23. The third kappa shape index (κ3) is 2.87. The van der Waals surface area contributed by atoms with E-state index in [9.17, 15) is 28.2 Å². The molecule has 9 heteroatoms. The molecule has 114 valence electrons. The van der Waals surface area contributed by atoms with Gasteiger partial charge in [0.05, 0.1) is 23.0 Å². The standard InChI is InChI=1S/C12H12ClNO6S/c13-8-4-3-7(11(15)16)6-10(8)21(19,20)14-5-1-2-9(14)12(17)18/h3-4,6,9H,1-2,5H2,(H,15,16)(H,17,18)/p-2/t9-/m1/s1. The summed E-state index contributed by atoms with van der Waals surface area (Å²) in [6.07, 6.45) is 0.509. The van der Waals surface area contributed by atoms with Crippen molar-refractivity contribution in [2.45, 2.75) is 23.8 Å². The Morgan fingerprint density at radius 3 is 2.52 bits per heavy atom. The van der Waals surface area contributed by atoms with Gasteiger partial charge in [-0.25, -0.2) is 8.42 Å². The van der Waals surface area contributed by atoms with E-state index in [0.29, 0.717) is 6.42 Å². The maximum atomic E-state index is 12.5. The van der Waals surface area contributed by atoms with Gasteiger partial charge in [-0.15, -0.1) is 0 Å². The van der Waals surface area contributed by atoms with Crippen LogP contribution in [0.3, 0.4) is 0 Å². The van der Waals surface area contributed by atoms with Crippen LogP contribution in [0.5, 0.6) is 0 Å². The van der Waals surface area contributed by atoms with Crippen molar-refractivity contribution in [3.05, 3.63) is 28.8 Å². The van der Waals surface area contributed by atoms with Crippen LogP contribution in [0.1, 0.15) is 23.2 Å². The van der Waals surface area contributed by atoms with Gasteiger partial charge in [-0.3, -0.25) is 0 Å². The van der Waals surface area contributed by atoms with Crippen molar-refractivity contribution in [1.29, 1.82) is 0 Å². The predicted octanol–water partition coefficient (Wildman–Crippen LogP) is -1.39. The van der Waals surface area contributed by atoms with Gasteiger partial charge in [-0.05, 0) is 30.5 Å². The maximum absolute atomic E-state index is 12.5. The van der Waals surface area contributed by atoms with Crippen LogP contribution in [0.2, 0.25) is 5.02 Å². The quantitative estimate of drug-likeness (QED) is 0.670. The Balaban J connectivity index is 2.51. The van der Waals surface area contributed by atoms with E-state index in [2.05, 4.69) is 0 Å². The van der Waals surface area contributed by atoms with E-state index in [0.717, 1.165) is 22.5 Å². The molecule has 1 heterocycles. The number of aromatic carboxylic acids is 1. The van der Waals surface area contributed by atoms with Crippen LogP contribution in [-0.2, 0) is 14.8 Å². The molecule has 0 saturated carbocycles. The molecule has 0 aliphatic carbocycles. The van der Waals surface area contributed by atoms with Crippen LogP contribution >= 0.6 is 11.6 Å². The lowest BCUT2D eigenvalue weighted by atomic mass is 10.2. The first-order valence-electron chi connectivity index (χ1n) is 5.98. The highest BCUT2D eigenvalue weighted by molar-refractivity contribution is 7.89. The Kier molecular flexibility index (Phi) is 4.22. The minimum absolute atomic E-state index is 0.00680. The average molecular weight is 332 g/mol. The Bertz CT molecular complexity index is 702. The summed E-state index contributed by atoms with van der Waals surface area (Å²) in [5, 5.41) is 21.6. The Morgan fingerprint density at radius 2 is 1.95 bits per heavy atom. The molecule has 1 aliphatic rings. The zero-order valence-electron chi connectivity index (χ0n) is 10.6. The van der Waals surface area contributed by atoms with E-state index in [1.807, 2.05) is 0 Å². The number of carboxylic acids is 2. The molecule has 1 aromatic rings. The smallest absolute Gasteiger partial charge is 0.245 e. The molecule has 0 unspecified atom stereocenters. The van der Waals surface area contributed by atoms with Gasteiger partial charge < -0.3 is 19.8 Å². The number of nitrogens with zero attached hydrogens (tertiary/aromatic N) is 1. The minimum atomic E-state index is -4.23. The van der Waals surface area contributed by atoms with Crippen molar-refractivity contribution in [3.63, 3.8) is 0 Å². The van der Waals surface area contributed by atoms with Crippen LogP contribution < -0.4 is 10.2 Å². The van der Waals surface area contributed by atoms with E-state index in [-0.39, 0.29) is 23.6 Å². The predicted molar refractivity (Wildman–Crippen MR) is 67.7 cm³/mol. The molecule has 0 N–H and O–H groups in total.